The van der Waals surface area contributed by atoms with Gasteiger partial charge >= 0.3 is 0 Å². The number of hydrogen-bond acceptors (Lipinski definition) is 3. The lowest BCUT2D eigenvalue weighted by atomic mass is 10.1. The Morgan fingerprint density at radius 2 is 2.19 bits per heavy atom. The Kier molecular flexibility index (Phi) is 4.78. The molecule has 1 unspecified atom stereocenters. The Labute approximate surface area is 105 Å². The minimum Gasteiger partial charge on any atom is -0.382 e. The first kappa shape index (κ1) is 13.0. The van der Waals surface area contributed by atoms with Gasteiger partial charge in [-0.05, 0) is 34.0 Å². The molecule has 0 bridgehead atoms. The summed E-state index contributed by atoms with van der Waals surface area (Å²) in [6.45, 7) is 4.83. The van der Waals surface area contributed by atoms with Crippen molar-refractivity contribution < 1.29 is 0 Å². The number of benzene rings is 1. The molecule has 0 spiro atoms. The minimum atomic E-state index is 0.0884. The van der Waals surface area contributed by atoms with Crippen LogP contribution in [0.15, 0.2) is 22.7 Å². The van der Waals surface area contributed by atoms with Crippen molar-refractivity contribution in [3.63, 3.8) is 0 Å². The van der Waals surface area contributed by atoms with Gasteiger partial charge in [0.25, 0.3) is 0 Å². The largest absolute Gasteiger partial charge is 0.382 e. The number of rotatable bonds is 4. The average molecular weight is 282 g/mol. The number of halogens is 1. The van der Waals surface area contributed by atoms with Gasteiger partial charge in [0, 0.05) is 17.1 Å². The average Bonchev–Trinajstić information content (AvgIpc) is 2.25. The third-order valence-electron chi connectivity index (χ3n) is 2.51. The SMILES string of the molecule is CC(C)C(N)CNc1cccc(Br)c1C#N. The van der Waals surface area contributed by atoms with Gasteiger partial charge in [0.2, 0.25) is 0 Å². The summed E-state index contributed by atoms with van der Waals surface area (Å²) in [5.41, 5.74) is 7.39. The Morgan fingerprint density at radius 3 is 2.75 bits per heavy atom. The number of nitrogens with two attached hydrogens (primary N) is 1. The van der Waals surface area contributed by atoms with Crippen LogP contribution in [0.2, 0.25) is 0 Å². The molecule has 0 saturated heterocycles. The molecule has 0 aliphatic carbocycles. The lowest BCUT2D eigenvalue weighted by Crippen LogP contribution is -2.34. The summed E-state index contributed by atoms with van der Waals surface area (Å²) in [4.78, 5) is 0. The fourth-order valence-electron chi connectivity index (χ4n) is 1.25. The fraction of sp³-hybridized carbons (Fsp3) is 0.417. The predicted octanol–water partition coefficient (Wildman–Crippen LogP) is 2.72. The van der Waals surface area contributed by atoms with E-state index in [1.54, 1.807) is 0 Å². The molecule has 0 amide bonds. The van der Waals surface area contributed by atoms with Crippen molar-refractivity contribution in [3.05, 3.63) is 28.2 Å². The number of nitrogens with zero attached hydrogens (tertiary/aromatic N) is 1. The first-order valence-electron chi connectivity index (χ1n) is 5.24. The van der Waals surface area contributed by atoms with E-state index < -0.39 is 0 Å². The van der Waals surface area contributed by atoms with E-state index in [0.29, 0.717) is 18.0 Å². The molecular formula is C12H16BrN3. The van der Waals surface area contributed by atoms with Crippen LogP contribution in [0.3, 0.4) is 0 Å². The van der Waals surface area contributed by atoms with E-state index in [9.17, 15) is 0 Å². The lowest BCUT2D eigenvalue weighted by molar-refractivity contribution is 0.511. The van der Waals surface area contributed by atoms with E-state index in [4.69, 9.17) is 11.0 Å². The zero-order valence-corrected chi connectivity index (χ0v) is 11.1. The molecule has 0 aliphatic heterocycles. The summed E-state index contributed by atoms with van der Waals surface area (Å²) in [7, 11) is 0. The molecule has 1 aromatic carbocycles. The maximum Gasteiger partial charge on any atom is 0.103 e. The van der Waals surface area contributed by atoms with Crippen molar-refractivity contribution in [2.45, 2.75) is 19.9 Å². The highest BCUT2D eigenvalue weighted by Gasteiger charge is 2.09. The standard InChI is InChI=1S/C12H16BrN3/c1-8(2)11(15)7-16-12-5-3-4-10(13)9(12)6-14/h3-5,8,11,16H,7,15H2,1-2H3. The van der Waals surface area contributed by atoms with Crippen molar-refractivity contribution in [2.75, 3.05) is 11.9 Å². The Balaban J connectivity index is 2.75. The molecule has 1 aromatic rings. The summed E-state index contributed by atoms with van der Waals surface area (Å²) in [5, 5.41) is 12.2. The van der Waals surface area contributed by atoms with Crippen LogP contribution in [0.1, 0.15) is 19.4 Å². The highest BCUT2D eigenvalue weighted by atomic mass is 79.9. The molecule has 0 aromatic heterocycles. The summed E-state index contributed by atoms with van der Waals surface area (Å²) >= 11 is 3.35. The van der Waals surface area contributed by atoms with Gasteiger partial charge in [0.05, 0.1) is 11.3 Å². The van der Waals surface area contributed by atoms with E-state index in [1.807, 2.05) is 18.2 Å². The zero-order chi connectivity index (χ0) is 12.1. The van der Waals surface area contributed by atoms with Crippen LogP contribution >= 0.6 is 15.9 Å². The fourth-order valence-corrected chi connectivity index (χ4v) is 1.70. The molecule has 0 radical (unpaired) electrons. The Hall–Kier alpha value is -1.05. The monoisotopic (exact) mass is 281 g/mol. The van der Waals surface area contributed by atoms with E-state index >= 15 is 0 Å². The number of nitrogens with one attached hydrogen (secondary N) is 1. The lowest BCUT2D eigenvalue weighted by Gasteiger charge is -2.17. The molecule has 0 saturated carbocycles. The van der Waals surface area contributed by atoms with Crippen LogP contribution in [0.25, 0.3) is 0 Å². The molecule has 4 heteroatoms. The normalized spacial score (nSPS) is 12.2. The highest BCUT2D eigenvalue weighted by Crippen LogP contribution is 2.23. The van der Waals surface area contributed by atoms with Crippen LogP contribution in [-0.2, 0) is 0 Å². The topological polar surface area (TPSA) is 61.8 Å². The van der Waals surface area contributed by atoms with E-state index in [1.165, 1.54) is 0 Å². The first-order chi connectivity index (χ1) is 7.56. The number of hydrogen-bond donors (Lipinski definition) is 2. The summed E-state index contributed by atoms with van der Waals surface area (Å²) < 4.78 is 0.804. The molecule has 0 fully saturated rings. The van der Waals surface area contributed by atoms with E-state index in [2.05, 4.69) is 41.2 Å². The van der Waals surface area contributed by atoms with Gasteiger partial charge in [-0.25, -0.2) is 0 Å². The third-order valence-corrected chi connectivity index (χ3v) is 3.17. The number of anilines is 1. The molecule has 1 rings (SSSR count). The Morgan fingerprint density at radius 1 is 1.50 bits per heavy atom. The van der Waals surface area contributed by atoms with Crippen molar-refractivity contribution in [3.8, 4) is 6.07 Å². The zero-order valence-electron chi connectivity index (χ0n) is 9.50. The second kappa shape index (κ2) is 5.88. The van der Waals surface area contributed by atoms with Crippen LogP contribution in [-0.4, -0.2) is 12.6 Å². The summed E-state index contributed by atoms with van der Waals surface area (Å²) in [6, 6.07) is 7.89. The molecule has 16 heavy (non-hydrogen) atoms. The maximum atomic E-state index is 9.02. The maximum absolute atomic E-state index is 9.02. The van der Waals surface area contributed by atoms with E-state index in [-0.39, 0.29) is 6.04 Å². The van der Waals surface area contributed by atoms with Crippen molar-refractivity contribution in [2.24, 2.45) is 11.7 Å². The van der Waals surface area contributed by atoms with Crippen LogP contribution < -0.4 is 11.1 Å². The molecule has 3 nitrogen and oxygen atoms in total. The molecule has 0 aliphatic rings. The van der Waals surface area contributed by atoms with Crippen LogP contribution in [0.5, 0.6) is 0 Å². The molecule has 0 heterocycles. The van der Waals surface area contributed by atoms with Gasteiger partial charge in [-0.1, -0.05) is 19.9 Å². The highest BCUT2D eigenvalue weighted by molar-refractivity contribution is 9.10. The molecule has 3 N–H and O–H groups in total. The predicted molar refractivity (Wildman–Crippen MR) is 70.2 cm³/mol. The van der Waals surface area contributed by atoms with Gasteiger partial charge < -0.3 is 11.1 Å². The first-order valence-corrected chi connectivity index (χ1v) is 6.03. The quantitative estimate of drug-likeness (QED) is 0.892. The van der Waals surface area contributed by atoms with Crippen LogP contribution in [0.4, 0.5) is 5.69 Å². The van der Waals surface area contributed by atoms with Gasteiger partial charge in [0.15, 0.2) is 0 Å². The van der Waals surface area contributed by atoms with Gasteiger partial charge in [-0.15, -0.1) is 0 Å². The number of nitriles is 1. The summed E-state index contributed by atoms with van der Waals surface area (Å²) in [5.74, 6) is 0.421. The second-order valence-corrected chi connectivity index (χ2v) is 4.92. The van der Waals surface area contributed by atoms with E-state index in [0.717, 1.165) is 10.2 Å². The van der Waals surface area contributed by atoms with Crippen molar-refractivity contribution >= 4 is 21.6 Å². The second-order valence-electron chi connectivity index (χ2n) is 4.06. The third kappa shape index (κ3) is 3.22. The molecule has 1 atom stereocenters. The van der Waals surface area contributed by atoms with Crippen molar-refractivity contribution in [1.29, 1.82) is 5.26 Å². The Bertz CT molecular complexity index is 396. The minimum absolute atomic E-state index is 0.0884. The van der Waals surface area contributed by atoms with Crippen molar-refractivity contribution in [1.82, 2.24) is 0 Å². The van der Waals surface area contributed by atoms with Gasteiger partial charge in [-0.2, -0.15) is 5.26 Å². The summed E-state index contributed by atoms with van der Waals surface area (Å²) in [6.07, 6.45) is 0. The molecular weight excluding hydrogens is 266 g/mol. The van der Waals surface area contributed by atoms with Gasteiger partial charge in [0.1, 0.15) is 6.07 Å². The van der Waals surface area contributed by atoms with Crippen LogP contribution in [0, 0.1) is 17.2 Å². The smallest absolute Gasteiger partial charge is 0.103 e. The molecule has 86 valence electrons. The van der Waals surface area contributed by atoms with Gasteiger partial charge in [-0.3, -0.25) is 0 Å².